The van der Waals surface area contributed by atoms with E-state index in [9.17, 15) is 4.79 Å². The smallest absolute Gasteiger partial charge is 0.259 e. The maximum absolute atomic E-state index is 12.3. The average molecular weight is 432 g/mol. The van der Waals surface area contributed by atoms with Crippen LogP contribution in [0.1, 0.15) is 10.4 Å². The molecule has 5 heteroatoms. The number of para-hydroxylation sites is 1. The molecule has 0 unspecified atom stereocenters. The van der Waals surface area contributed by atoms with Crippen molar-refractivity contribution >= 4 is 50.1 Å². The third-order valence-electron chi connectivity index (χ3n) is 2.53. The van der Waals surface area contributed by atoms with E-state index in [4.69, 9.17) is 4.74 Å². The Bertz CT molecular complexity index is 616. The van der Waals surface area contributed by atoms with Crippen molar-refractivity contribution in [2.75, 3.05) is 12.4 Å². The summed E-state index contributed by atoms with van der Waals surface area (Å²) in [6.07, 6.45) is 0. The number of nitrogens with one attached hydrogen (secondary N) is 1. The molecule has 3 nitrogen and oxygen atoms in total. The minimum Gasteiger partial charge on any atom is -0.496 e. The first-order valence-electron chi connectivity index (χ1n) is 5.51. The van der Waals surface area contributed by atoms with Crippen LogP contribution < -0.4 is 10.1 Å². The molecule has 0 saturated heterocycles. The summed E-state index contributed by atoms with van der Waals surface area (Å²) in [5.41, 5.74) is 1.28. The Kier molecular flexibility index (Phi) is 4.81. The minimum absolute atomic E-state index is 0.192. The van der Waals surface area contributed by atoms with Gasteiger partial charge in [-0.25, -0.2) is 0 Å². The van der Waals surface area contributed by atoms with Crippen molar-refractivity contribution in [1.29, 1.82) is 0 Å². The fraction of sp³-hybridized carbons (Fsp3) is 0.0714. The molecule has 0 atom stereocenters. The zero-order chi connectivity index (χ0) is 13.8. The number of anilines is 1. The largest absolute Gasteiger partial charge is 0.496 e. The number of carbonyl (C=O) groups excluding carboxylic acids is 1. The standard InChI is InChI=1S/C14H11BrINO2/c1-19-13-7-6-9(15)8-10(13)14(18)17-12-5-3-2-4-11(12)16/h2-8H,1H3,(H,17,18). The first kappa shape index (κ1) is 14.3. The van der Waals surface area contributed by atoms with E-state index in [-0.39, 0.29) is 5.91 Å². The van der Waals surface area contributed by atoms with Gasteiger partial charge in [-0.1, -0.05) is 28.1 Å². The lowest BCUT2D eigenvalue weighted by Gasteiger charge is -2.10. The molecular weight excluding hydrogens is 421 g/mol. The number of hydrogen-bond donors (Lipinski definition) is 1. The van der Waals surface area contributed by atoms with Crippen molar-refractivity contribution in [1.82, 2.24) is 0 Å². The molecule has 2 rings (SSSR count). The Hall–Kier alpha value is -1.08. The van der Waals surface area contributed by atoms with Gasteiger partial charge in [-0.2, -0.15) is 0 Å². The number of rotatable bonds is 3. The van der Waals surface area contributed by atoms with Crippen LogP contribution in [-0.2, 0) is 0 Å². The zero-order valence-corrected chi connectivity index (χ0v) is 13.9. The Morgan fingerprint density at radius 3 is 2.68 bits per heavy atom. The lowest BCUT2D eigenvalue weighted by Crippen LogP contribution is -2.14. The maximum Gasteiger partial charge on any atom is 0.259 e. The SMILES string of the molecule is COc1ccc(Br)cc1C(=O)Nc1ccccc1I. The average Bonchev–Trinajstić information content (AvgIpc) is 2.41. The van der Waals surface area contributed by atoms with E-state index >= 15 is 0 Å². The second-order valence-corrected chi connectivity index (χ2v) is 5.86. The predicted molar refractivity (Wildman–Crippen MR) is 87.8 cm³/mol. The number of methoxy groups -OCH3 is 1. The summed E-state index contributed by atoms with van der Waals surface area (Å²) in [6.45, 7) is 0. The van der Waals surface area contributed by atoms with Crippen LogP contribution in [0, 0.1) is 3.57 Å². The van der Waals surface area contributed by atoms with Crippen LogP contribution in [0.4, 0.5) is 5.69 Å². The van der Waals surface area contributed by atoms with Crippen molar-refractivity contribution in [2.24, 2.45) is 0 Å². The number of carbonyl (C=O) groups is 1. The highest BCUT2D eigenvalue weighted by Crippen LogP contribution is 2.25. The van der Waals surface area contributed by atoms with Crippen molar-refractivity contribution in [3.05, 3.63) is 56.1 Å². The highest BCUT2D eigenvalue weighted by atomic mass is 127. The summed E-state index contributed by atoms with van der Waals surface area (Å²) in [5.74, 6) is 0.355. The van der Waals surface area contributed by atoms with E-state index in [0.717, 1.165) is 13.7 Å². The maximum atomic E-state index is 12.3. The van der Waals surface area contributed by atoms with Gasteiger partial charge in [0.25, 0.3) is 5.91 Å². The molecule has 0 heterocycles. The molecule has 1 amide bonds. The van der Waals surface area contributed by atoms with Crippen molar-refractivity contribution in [3.63, 3.8) is 0 Å². The van der Waals surface area contributed by atoms with Crippen LogP contribution in [0.25, 0.3) is 0 Å². The Balaban J connectivity index is 2.30. The molecule has 2 aromatic rings. The Labute approximate surface area is 133 Å². The zero-order valence-electron chi connectivity index (χ0n) is 10.1. The molecule has 19 heavy (non-hydrogen) atoms. The highest BCUT2D eigenvalue weighted by Gasteiger charge is 2.13. The van der Waals surface area contributed by atoms with Gasteiger partial charge in [0, 0.05) is 8.04 Å². The lowest BCUT2D eigenvalue weighted by molar-refractivity contribution is 0.102. The normalized spacial score (nSPS) is 10.1. The van der Waals surface area contributed by atoms with Crippen LogP contribution >= 0.6 is 38.5 Å². The first-order valence-corrected chi connectivity index (χ1v) is 7.38. The van der Waals surface area contributed by atoms with E-state index < -0.39 is 0 Å². The number of ether oxygens (including phenoxy) is 1. The van der Waals surface area contributed by atoms with E-state index in [0.29, 0.717) is 11.3 Å². The van der Waals surface area contributed by atoms with Crippen LogP contribution in [0.2, 0.25) is 0 Å². The third-order valence-corrected chi connectivity index (χ3v) is 3.96. The number of amides is 1. The van der Waals surface area contributed by atoms with Gasteiger partial charge in [0.2, 0.25) is 0 Å². The Morgan fingerprint density at radius 1 is 1.26 bits per heavy atom. The molecule has 0 radical (unpaired) electrons. The molecule has 0 aliphatic carbocycles. The monoisotopic (exact) mass is 431 g/mol. The predicted octanol–water partition coefficient (Wildman–Crippen LogP) is 4.31. The second kappa shape index (κ2) is 6.38. The summed E-state index contributed by atoms with van der Waals surface area (Å²) < 4.78 is 7.03. The number of halogens is 2. The number of benzene rings is 2. The molecule has 0 bridgehead atoms. The quantitative estimate of drug-likeness (QED) is 0.735. The first-order chi connectivity index (χ1) is 9.11. The van der Waals surface area contributed by atoms with Gasteiger partial charge in [-0.05, 0) is 52.9 Å². The molecule has 98 valence electrons. The summed E-state index contributed by atoms with van der Waals surface area (Å²) in [5, 5.41) is 2.88. The van der Waals surface area contributed by atoms with Gasteiger partial charge in [-0.15, -0.1) is 0 Å². The summed E-state index contributed by atoms with van der Waals surface area (Å²) in [7, 11) is 1.55. The molecule has 0 fully saturated rings. The number of hydrogen-bond acceptors (Lipinski definition) is 2. The van der Waals surface area contributed by atoms with Gasteiger partial charge in [0.1, 0.15) is 5.75 Å². The summed E-state index contributed by atoms with van der Waals surface area (Å²) in [6, 6.07) is 13.0. The second-order valence-electron chi connectivity index (χ2n) is 3.78. The van der Waals surface area contributed by atoms with Crippen molar-refractivity contribution in [3.8, 4) is 5.75 Å². The molecule has 1 N–H and O–H groups in total. The van der Waals surface area contributed by atoms with Crippen LogP contribution in [0.5, 0.6) is 5.75 Å². The molecule has 0 spiro atoms. The van der Waals surface area contributed by atoms with E-state index in [1.807, 2.05) is 30.3 Å². The molecule has 0 aliphatic rings. The van der Waals surface area contributed by atoms with Gasteiger partial charge in [0.05, 0.1) is 18.4 Å². The van der Waals surface area contributed by atoms with Crippen LogP contribution in [0.3, 0.4) is 0 Å². The van der Waals surface area contributed by atoms with E-state index in [1.54, 1.807) is 19.2 Å². The fourth-order valence-corrected chi connectivity index (χ4v) is 2.49. The third kappa shape index (κ3) is 3.48. The Morgan fingerprint density at radius 2 is 2.00 bits per heavy atom. The summed E-state index contributed by atoms with van der Waals surface area (Å²) in [4.78, 5) is 12.3. The molecule has 0 aliphatic heterocycles. The van der Waals surface area contributed by atoms with Gasteiger partial charge < -0.3 is 10.1 Å². The lowest BCUT2D eigenvalue weighted by atomic mass is 10.2. The minimum atomic E-state index is -0.192. The van der Waals surface area contributed by atoms with E-state index in [2.05, 4.69) is 43.8 Å². The molecular formula is C14H11BrINO2. The van der Waals surface area contributed by atoms with E-state index in [1.165, 1.54) is 0 Å². The van der Waals surface area contributed by atoms with Gasteiger partial charge >= 0.3 is 0 Å². The fourth-order valence-electron chi connectivity index (χ4n) is 1.61. The highest BCUT2D eigenvalue weighted by molar-refractivity contribution is 14.1. The van der Waals surface area contributed by atoms with Crippen molar-refractivity contribution in [2.45, 2.75) is 0 Å². The van der Waals surface area contributed by atoms with Gasteiger partial charge in [0.15, 0.2) is 0 Å². The van der Waals surface area contributed by atoms with Crippen molar-refractivity contribution < 1.29 is 9.53 Å². The molecule has 0 aromatic heterocycles. The summed E-state index contributed by atoms with van der Waals surface area (Å²) >= 11 is 5.54. The van der Waals surface area contributed by atoms with Gasteiger partial charge in [-0.3, -0.25) is 4.79 Å². The molecule has 2 aromatic carbocycles. The topological polar surface area (TPSA) is 38.3 Å². The van der Waals surface area contributed by atoms with Crippen LogP contribution in [-0.4, -0.2) is 13.0 Å². The molecule has 0 saturated carbocycles. The van der Waals surface area contributed by atoms with Crippen LogP contribution in [0.15, 0.2) is 46.9 Å².